The zero-order valence-corrected chi connectivity index (χ0v) is 33.7. The number of para-hydroxylation sites is 2. The van der Waals surface area contributed by atoms with Gasteiger partial charge in [0.2, 0.25) is 0 Å². The van der Waals surface area contributed by atoms with E-state index in [2.05, 4.69) is 243 Å². The van der Waals surface area contributed by atoms with Crippen molar-refractivity contribution in [2.45, 2.75) is 53.0 Å². The molecule has 0 heterocycles. The number of anilines is 9. The number of nitrogens with one attached hydrogen (secondary N) is 1. The lowest BCUT2D eigenvalue weighted by atomic mass is 9.86. The number of aryl methyl sites for hydroxylation is 1. The quantitative estimate of drug-likeness (QED) is 0.143. The van der Waals surface area contributed by atoms with E-state index in [4.69, 9.17) is 0 Å². The first-order valence-corrected chi connectivity index (χ1v) is 20.1. The minimum atomic E-state index is -0.207. The van der Waals surface area contributed by atoms with Crippen LogP contribution in [0.4, 0.5) is 51.2 Å². The molecule has 0 aromatic heterocycles. The van der Waals surface area contributed by atoms with Crippen LogP contribution in [-0.2, 0) is 0 Å². The number of nitrogens with zero attached hydrogens (tertiary/aromatic N) is 3. The maximum absolute atomic E-state index is 3.59. The van der Waals surface area contributed by atoms with Crippen LogP contribution in [0.2, 0.25) is 0 Å². The van der Waals surface area contributed by atoms with Crippen molar-refractivity contribution in [1.29, 1.82) is 0 Å². The average Bonchev–Trinajstić information content (AvgIpc) is 3.22. The van der Waals surface area contributed by atoms with Gasteiger partial charge in [0.15, 0.2) is 0 Å². The van der Waals surface area contributed by atoms with E-state index >= 15 is 0 Å². The highest BCUT2D eigenvalue weighted by molar-refractivity contribution is 5.81. The summed E-state index contributed by atoms with van der Waals surface area (Å²) in [4.78, 5) is 7.25. The smallest absolute Gasteiger partial charge is 0.0645 e. The molecule has 4 heteroatoms. The van der Waals surface area contributed by atoms with Crippen molar-refractivity contribution in [2.75, 3.05) is 20.0 Å². The van der Waals surface area contributed by atoms with Crippen molar-refractivity contribution in [3.05, 3.63) is 211 Å². The number of hydrogen-bond acceptors (Lipinski definition) is 4. The first-order chi connectivity index (χ1) is 27.7. The molecule has 2 aliphatic rings. The summed E-state index contributed by atoms with van der Waals surface area (Å²) < 4.78 is 0. The minimum Gasteiger partial charge on any atom is -0.356 e. The molecule has 0 radical (unpaired) electrons. The SMILES string of the molecule is CC1=CC[C@H](C)C(N(c2ccccc2)c2ccc(N(c3ccc(Nc4cccc(C)c4)cc3)c3ccc(N(c4ccccc4)[C@]4(C)C=CC=C(C)C4)cc3)cc2)=C1. The zero-order valence-electron chi connectivity index (χ0n) is 33.7. The molecule has 0 saturated heterocycles. The summed E-state index contributed by atoms with van der Waals surface area (Å²) >= 11 is 0. The highest BCUT2D eigenvalue weighted by Crippen LogP contribution is 2.43. The second-order valence-electron chi connectivity index (χ2n) is 15.8. The second-order valence-corrected chi connectivity index (χ2v) is 15.8. The van der Waals surface area contributed by atoms with Gasteiger partial charge < -0.3 is 20.0 Å². The van der Waals surface area contributed by atoms with Crippen molar-refractivity contribution in [3.63, 3.8) is 0 Å². The summed E-state index contributed by atoms with van der Waals surface area (Å²) in [5, 5.41) is 3.59. The van der Waals surface area contributed by atoms with Crippen LogP contribution in [0.1, 0.15) is 46.1 Å². The molecule has 6 aromatic carbocycles. The van der Waals surface area contributed by atoms with E-state index in [-0.39, 0.29) is 5.54 Å². The lowest BCUT2D eigenvalue weighted by Crippen LogP contribution is -2.42. The van der Waals surface area contributed by atoms with Gasteiger partial charge in [0.05, 0.1) is 5.54 Å². The van der Waals surface area contributed by atoms with Crippen molar-refractivity contribution < 1.29 is 0 Å². The van der Waals surface area contributed by atoms with Crippen LogP contribution in [-0.4, -0.2) is 5.54 Å². The van der Waals surface area contributed by atoms with E-state index in [1.54, 1.807) is 0 Å². The Bertz CT molecular complexity index is 2420. The van der Waals surface area contributed by atoms with Gasteiger partial charge in [-0.25, -0.2) is 0 Å². The van der Waals surface area contributed by atoms with Gasteiger partial charge in [-0.05, 0) is 161 Å². The van der Waals surface area contributed by atoms with Gasteiger partial charge in [0.1, 0.15) is 0 Å². The third-order valence-electron chi connectivity index (χ3n) is 11.1. The van der Waals surface area contributed by atoms with Crippen molar-refractivity contribution in [3.8, 4) is 0 Å². The largest absolute Gasteiger partial charge is 0.356 e. The van der Waals surface area contributed by atoms with E-state index < -0.39 is 0 Å². The lowest BCUT2D eigenvalue weighted by molar-refractivity contribution is 0.554. The molecule has 1 N–H and O–H groups in total. The average molecular weight is 745 g/mol. The van der Waals surface area contributed by atoms with Crippen LogP contribution in [0, 0.1) is 12.8 Å². The molecule has 2 atom stereocenters. The Morgan fingerprint density at radius 3 is 1.68 bits per heavy atom. The van der Waals surface area contributed by atoms with Gasteiger partial charge >= 0.3 is 0 Å². The molecule has 8 rings (SSSR count). The summed E-state index contributed by atoms with van der Waals surface area (Å²) in [6, 6.07) is 56.8. The minimum absolute atomic E-state index is 0.207. The molecule has 6 aromatic rings. The predicted octanol–water partition coefficient (Wildman–Crippen LogP) is 15.0. The van der Waals surface area contributed by atoms with Crippen molar-refractivity contribution in [2.24, 2.45) is 5.92 Å². The highest BCUT2D eigenvalue weighted by atomic mass is 15.2. The van der Waals surface area contributed by atoms with Gasteiger partial charge in [-0.2, -0.15) is 0 Å². The van der Waals surface area contributed by atoms with Crippen LogP contribution in [0.25, 0.3) is 0 Å². The molecule has 0 bridgehead atoms. The Morgan fingerprint density at radius 1 is 0.561 bits per heavy atom. The fraction of sp³-hybridized carbons (Fsp3) is 0.170. The van der Waals surface area contributed by atoms with Crippen LogP contribution in [0.5, 0.6) is 0 Å². The predicted molar refractivity (Wildman–Crippen MR) is 244 cm³/mol. The maximum Gasteiger partial charge on any atom is 0.0645 e. The molecule has 4 nitrogen and oxygen atoms in total. The molecule has 2 aliphatic carbocycles. The molecule has 0 amide bonds. The number of rotatable bonds is 11. The normalized spacial score (nSPS) is 17.6. The number of benzene rings is 6. The van der Waals surface area contributed by atoms with Gasteiger partial charge in [0.25, 0.3) is 0 Å². The fourth-order valence-electron chi connectivity index (χ4n) is 8.33. The summed E-state index contributed by atoms with van der Waals surface area (Å²) in [7, 11) is 0. The van der Waals surface area contributed by atoms with E-state index in [1.807, 2.05) is 0 Å². The first kappa shape index (κ1) is 37.4. The Morgan fingerprint density at radius 2 is 1.09 bits per heavy atom. The maximum atomic E-state index is 3.59. The first-order valence-electron chi connectivity index (χ1n) is 20.1. The third-order valence-corrected chi connectivity index (χ3v) is 11.1. The van der Waals surface area contributed by atoms with Gasteiger partial charge in [0, 0.05) is 62.8 Å². The highest BCUT2D eigenvalue weighted by Gasteiger charge is 2.32. The van der Waals surface area contributed by atoms with Crippen molar-refractivity contribution in [1.82, 2.24) is 0 Å². The second kappa shape index (κ2) is 16.3. The molecule has 0 aliphatic heterocycles. The molecular weight excluding hydrogens is 693 g/mol. The van der Waals surface area contributed by atoms with E-state index in [9.17, 15) is 0 Å². The molecule has 0 unspecified atom stereocenters. The number of allylic oxidation sites excluding steroid dienone is 6. The van der Waals surface area contributed by atoms with Crippen LogP contribution in [0.15, 0.2) is 205 Å². The molecule has 284 valence electrons. The Hall–Kier alpha value is -6.52. The lowest BCUT2D eigenvalue weighted by Gasteiger charge is -2.43. The molecular formula is C53H52N4. The van der Waals surface area contributed by atoms with Crippen molar-refractivity contribution >= 4 is 51.2 Å². The standard InChI is InChI=1S/C53H52N4/c1-39-14-12-16-44(36-39)54-43-23-25-46(26-24-43)55(47-27-29-49(30-28-47)56(45-17-8-6-9-18-45)52-37-40(2)21-22-42(52)4)48-31-33-51(34-32-48)57(50-19-10-7-11-20-50)53(5)35-13-15-41(3)38-53/h6-21,23-37,42,54H,22,38H2,1-5H3/t42-,53+/m0/s1. The van der Waals surface area contributed by atoms with Gasteiger partial charge in [-0.1, -0.05) is 90.9 Å². The summed E-state index contributed by atoms with van der Waals surface area (Å²) in [5.74, 6) is 0.400. The summed E-state index contributed by atoms with van der Waals surface area (Å²) in [6.07, 6.45) is 13.4. The molecule has 0 spiro atoms. The summed E-state index contributed by atoms with van der Waals surface area (Å²) in [5.41, 5.74) is 15.0. The molecule has 0 fully saturated rings. The van der Waals surface area contributed by atoms with Gasteiger partial charge in [-0.15, -0.1) is 0 Å². The summed E-state index contributed by atoms with van der Waals surface area (Å²) in [6.45, 7) is 11.2. The van der Waals surface area contributed by atoms with E-state index in [1.165, 1.54) is 28.1 Å². The van der Waals surface area contributed by atoms with E-state index in [0.29, 0.717) is 5.92 Å². The molecule has 57 heavy (non-hydrogen) atoms. The third kappa shape index (κ3) is 8.22. The Labute approximate surface area is 339 Å². The fourth-order valence-corrected chi connectivity index (χ4v) is 8.33. The Kier molecular flexibility index (Phi) is 10.7. The Balaban J connectivity index is 1.18. The van der Waals surface area contributed by atoms with Gasteiger partial charge in [-0.3, -0.25) is 0 Å². The zero-order chi connectivity index (χ0) is 39.4. The number of hydrogen-bond donors (Lipinski definition) is 1. The topological polar surface area (TPSA) is 21.8 Å². The van der Waals surface area contributed by atoms with E-state index in [0.717, 1.165) is 58.3 Å². The van der Waals surface area contributed by atoms with Crippen LogP contribution < -0.4 is 20.0 Å². The molecule has 0 saturated carbocycles. The van der Waals surface area contributed by atoms with Crippen LogP contribution >= 0.6 is 0 Å². The monoisotopic (exact) mass is 744 g/mol. The van der Waals surface area contributed by atoms with Crippen LogP contribution in [0.3, 0.4) is 0 Å².